The summed E-state index contributed by atoms with van der Waals surface area (Å²) in [5.74, 6) is -1.77. The number of carbonyl (C=O) groups is 4. The number of benzene rings is 2. The number of alkyl carbamates (subject to hydrolysis) is 1. The number of ether oxygens (including phenoxy) is 4. The first-order chi connectivity index (χ1) is 24.1. The average Bonchev–Trinajstić information content (AvgIpc) is 3.07. The lowest BCUT2D eigenvalue weighted by molar-refractivity contribution is -0.142. The van der Waals surface area contributed by atoms with Crippen LogP contribution in [-0.4, -0.2) is 67.9 Å². The number of unbranched alkanes of at least 4 members (excludes halogenated alkanes) is 2. The lowest BCUT2D eigenvalue weighted by Gasteiger charge is -2.26. The van der Waals surface area contributed by atoms with Gasteiger partial charge in [0.1, 0.15) is 23.4 Å². The fraction of sp³-hybridized carbons (Fsp3) is 0.474. The molecule has 0 saturated carbocycles. The van der Waals surface area contributed by atoms with Crippen molar-refractivity contribution < 1.29 is 38.1 Å². The van der Waals surface area contributed by atoms with Crippen molar-refractivity contribution in [1.82, 2.24) is 16.0 Å². The second-order valence-corrected chi connectivity index (χ2v) is 13.4. The number of amides is 3. The third kappa shape index (κ3) is 12.3. The van der Waals surface area contributed by atoms with Crippen molar-refractivity contribution >= 4 is 23.9 Å². The summed E-state index contributed by atoms with van der Waals surface area (Å²) in [7, 11) is 1.20. The Hall–Kier alpha value is -5.20. The number of hydrogen-bond donors (Lipinski definition) is 3. The van der Waals surface area contributed by atoms with Crippen molar-refractivity contribution in [1.29, 1.82) is 0 Å². The zero-order valence-electron chi connectivity index (χ0n) is 30.4. The van der Waals surface area contributed by atoms with E-state index in [0.29, 0.717) is 12.1 Å². The molecule has 3 aromatic carbocycles. The second kappa shape index (κ2) is 18.7. The van der Waals surface area contributed by atoms with E-state index in [1.165, 1.54) is 13.2 Å². The normalized spacial score (nSPS) is 12.5. The summed E-state index contributed by atoms with van der Waals surface area (Å²) in [5, 5.41) is 8.34. The van der Waals surface area contributed by atoms with Gasteiger partial charge < -0.3 is 34.9 Å². The molecule has 276 valence electrons. The predicted molar refractivity (Wildman–Crippen MR) is 192 cm³/mol. The highest BCUT2D eigenvalue weighted by Gasteiger charge is 2.31. The molecule has 3 aromatic rings. The molecule has 0 bridgehead atoms. The summed E-state index contributed by atoms with van der Waals surface area (Å²) in [5.41, 5.74) is -0.974. The second-order valence-electron chi connectivity index (χ2n) is 13.4. The molecule has 0 aliphatic heterocycles. The van der Waals surface area contributed by atoms with Crippen molar-refractivity contribution in [2.75, 3.05) is 20.3 Å². The van der Waals surface area contributed by atoms with Gasteiger partial charge >= 0.3 is 12.1 Å². The Morgan fingerprint density at radius 2 is 1.49 bits per heavy atom. The highest BCUT2D eigenvalue weighted by molar-refractivity contribution is 5.92. The number of hydrogen-bond acceptors (Lipinski definition) is 10. The topological polar surface area (TPSA) is 175 Å². The SMILES string of the molecule is CCCCCNC(=O)[C@H](Cc1ccc(OCC(=O)OC)c(-c2c(OC(C)C)c(=O)c2=O)c1)NC(=O)[C@H](Cc1ccccc1)NC(=O)OC(C)(C)C. The minimum Gasteiger partial charge on any atom is -0.486 e. The van der Waals surface area contributed by atoms with Gasteiger partial charge in [-0.1, -0.05) is 56.2 Å². The van der Waals surface area contributed by atoms with E-state index in [2.05, 4.69) is 20.7 Å². The maximum absolute atomic E-state index is 13.9. The van der Waals surface area contributed by atoms with Crippen molar-refractivity contribution in [3.63, 3.8) is 0 Å². The molecule has 0 unspecified atom stereocenters. The van der Waals surface area contributed by atoms with Crippen LogP contribution < -0.4 is 36.3 Å². The van der Waals surface area contributed by atoms with Gasteiger partial charge in [0.15, 0.2) is 12.4 Å². The molecular formula is C38H49N3O10. The van der Waals surface area contributed by atoms with Gasteiger partial charge in [-0.2, -0.15) is 0 Å². The van der Waals surface area contributed by atoms with Crippen LogP contribution in [0.3, 0.4) is 0 Å². The Bertz CT molecular complexity index is 1720. The number of carbonyl (C=O) groups excluding carboxylic acids is 4. The molecule has 0 radical (unpaired) electrons. The van der Waals surface area contributed by atoms with Crippen LogP contribution in [-0.2, 0) is 36.7 Å². The van der Waals surface area contributed by atoms with Gasteiger partial charge in [0.25, 0.3) is 5.43 Å². The molecule has 0 aromatic heterocycles. The fourth-order valence-electron chi connectivity index (χ4n) is 5.12. The third-order valence-corrected chi connectivity index (χ3v) is 7.55. The molecule has 51 heavy (non-hydrogen) atoms. The van der Waals surface area contributed by atoms with Gasteiger partial charge in [-0.3, -0.25) is 19.2 Å². The molecule has 3 amide bonds. The van der Waals surface area contributed by atoms with E-state index < -0.39 is 65.1 Å². The fourth-order valence-corrected chi connectivity index (χ4v) is 5.12. The molecule has 2 atom stereocenters. The molecule has 0 fully saturated rings. The molecule has 3 rings (SSSR count). The maximum Gasteiger partial charge on any atom is 0.408 e. The van der Waals surface area contributed by atoms with Crippen LogP contribution in [0.2, 0.25) is 0 Å². The van der Waals surface area contributed by atoms with Gasteiger partial charge in [-0.05, 0) is 64.3 Å². The van der Waals surface area contributed by atoms with Crippen LogP contribution in [0.15, 0.2) is 58.1 Å². The Kier molecular flexibility index (Phi) is 14.7. The summed E-state index contributed by atoms with van der Waals surface area (Å²) in [4.78, 5) is 77.5. The van der Waals surface area contributed by atoms with E-state index in [1.54, 1.807) is 46.8 Å². The van der Waals surface area contributed by atoms with E-state index in [4.69, 9.17) is 14.2 Å². The maximum atomic E-state index is 13.9. The molecule has 0 saturated heterocycles. The molecule has 13 nitrogen and oxygen atoms in total. The van der Waals surface area contributed by atoms with E-state index >= 15 is 0 Å². The largest absolute Gasteiger partial charge is 0.486 e. The standard InChI is InChI=1S/C38H49N3O10/c1-8-9-13-18-39-35(45)27(40-36(46)28(20-24-14-11-10-12-15-24)41-37(47)51-38(4,5)6)21-25-16-17-29(49-22-30(42)48-7)26(19-25)31-32(43)33(44)34(31)50-23(2)3/h10-12,14-17,19,23,27-28H,8-9,13,18,20-22H2,1-7H3,(H,39,45)(H,40,46)(H,41,47)/t27-,28-/m0/s1. The molecule has 0 aliphatic rings. The first kappa shape index (κ1) is 40.2. The van der Waals surface area contributed by atoms with Crippen LogP contribution in [0.4, 0.5) is 4.79 Å². The average molecular weight is 708 g/mol. The van der Waals surface area contributed by atoms with Gasteiger partial charge in [-0.15, -0.1) is 0 Å². The Balaban J connectivity index is 2.00. The summed E-state index contributed by atoms with van der Waals surface area (Å²) in [6, 6.07) is 11.6. The summed E-state index contributed by atoms with van der Waals surface area (Å²) >= 11 is 0. The Labute approximate surface area is 298 Å². The van der Waals surface area contributed by atoms with Crippen LogP contribution in [0.1, 0.15) is 71.9 Å². The third-order valence-electron chi connectivity index (χ3n) is 7.55. The summed E-state index contributed by atoms with van der Waals surface area (Å²) < 4.78 is 21.4. The smallest absolute Gasteiger partial charge is 0.408 e. The molecule has 0 aliphatic carbocycles. The summed E-state index contributed by atoms with van der Waals surface area (Å²) in [6.45, 7) is 10.5. The minimum absolute atomic E-state index is 0.0236. The van der Waals surface area contributed by atoms with E-state index in [0.717, 1.165) is 24.8 Å². The van der Waals surface area contributed by atoms with E-state index in [9.17, 15) is 28.8 Å². The van der Waals surface area contributed by atoms with Gasteiger partial charge in [0, 0.05) is 24.9 Å². The van der Waals surface area contributed by atoms with Crippen LogP contribution >= 0.6 is 0 Å². The van der Waals surface area contributed by atoms with Crippen molar-refractivity contribution in [2.24, 2.45) is 0 Å². The molecular weight excluding hydrogens is 658 g/mol. The zero-order valence-corrected chi connectivity index (χ0v) is 30.4. The quantitative estimate of drug-likeness (QED) is 0.100. The predicted octanol–water partition coefficient (Wildman–Crippen LogP) is 3.76. The number of esters is 1. The Morgan fingerprint density at radius 1 is 0.824 bits per heavy atom. The molecule has 3 N–H and O–H groups in total. The highest BCUT2D eigenvalue weighted by atomic mass is 16.6. The molecule has 0 heterocycles. The first-order valence-corrected chi connectivity index (χ1v) is 17.1. The van der Waals surface area contributed by atoms with Crippen molar-refractivity contribution in [3.8, 4) is 22.6 Å². The highest BCUT2D eigenvalue weighted by Crippen LogP contribution is 2.35. The van der Waals surface area contributed by atoms with Gasteiger partial charge in [0.2, 0.25) is 17.2 Å². The molecule has 0 spiro atoms. The minimum atomic E-state index is -1.12. The summed E-state index contributed by atoms with van der Waals surface area (Å²) in [6.07, 6.45) is 1.45. The monoisotopic (exact) mass is 707 g/mol. The van der Waals surface area contributed by atoms with E-state index in [-0.39, 0.29) is 35.5 Å². The van der Waals surface area contributed by atoms with Gasteiger partial charge in [-0.25, -0.2) is 9.59 Å². The van der Waals surface area contributed by atoms with Crippen LogP contribution in [0, 0.1) is 0 Å². The Morgan fingerprint density at radius 3 is 2.12 bits per heavy atom. The molecule has 13 heteroatoms. The van der Waals surface area contributed by atoms with Gasteiger partial charge in [0.05, 0.1) is 18.8 Å². The van der Waals surface area contributed by atoms with Crippen LogP contribution in [0.5, 0.6) is 11.5 Å². The number of rotatable bonds is 18. The van der Waals surface area contributed by atoms with Crippen LogP contribution in [0.25, 0.3) is 11.1 Å². The lowest BCUT2D eigenvalue weighted by atomic mass is 9.94. The number of nitrogens with one attached hydrogen (secondary N) is 3. The van der Waals surface area contributed by atoms with E-state index in [1.807, 2.05) is 37.3 Å². The number of methoxy groups -OCH3 is 1. The zero-order chi connectivity index (χ0) is 37.7. The van der Waals surface area contributed by atoms with Crippen molar-refractivity contribution in [2.45, 2.75) is 97.4 Å². The van der Waals surface area contributed by atoms with Crippen molar-refractivity contribution in [3.05, 3.63) is 80.1 Å². The first-order valence-electron chi connectivity index (χ1n) is 17.1. The lowest BCUT2D eigenvalue weighted by Crippen LogP contribution is -2.55.